The maximum Gasteiger partial charge on any atom is 0.270 e. The molecule has 3 heterocycles. The van der Waals surface area contributed by atoms with E-state index in [0.29, 0.717) is 47.1 Å². The topological polar surface area (TPSA) is 109 Å². The van der Waals surface area contributed by atoms with Crippen molar-refractivity contribution in [3.8, 4) is 11.5 Å². The average molecular weight is 421 g/mol. The van der Waals surface area contributed by atoms with Crippen LogP contribution in [0.15, 0.2) is 50.8 Å². The lowest BCUT2D eigenvalue weighted by Crippen LogP contribution is -2.31. The zero-order chi connectivity index (χ0) is 21.7. The van der Waals surface area contributed by atoms with Crippen molar-refractivity contribution in [2.24, 2.45) is 0 Å². The number of hydrogen-bond donors (Lipinski definition) is 3. The highest BCUT2D eigenvalue weighted by Gasteiger charge is 2.41. The van der Waals surface area contributed by atoms with Gasteiger partial charge in [0.2, 0.25) is 0 Å². The summed E-state index contributed by atoms with van der Waals surface area (Å²) in [6.07, 6.45) is 0.962. The van der Waals surface area contributed by atoms with E-state index in [4.69, 9.17) is 13.9 Å². The minimum atomic E-state index is -0.534. The molecule has 1 aromatic carbocycles. The lowest BCUT2D eigenvalue weighted by Gasteiger charge is -2.33. The maximum absolute atomic E-state index is 13.4. The van der Waals surface area contributed by atoms with Crippen LogP contribution in [0.5, 0.6) is 11.5 Å². The van der Waals surface area contributed by atoms with Crippen LogP contribution in [0.2, 0.25) is 0 Å². The molecule has 8 nitrogen and oxygen atoms in total. The number of carbonyl (C=O) groups excluding carboxylic acids is 1. The van der Waals surface area contributed by atoms with Crippen LogP contribution in [0.4, 0.5) is 5.82 Å². The van der Waals surface area contributed by atoms with Crippen molar-refractivity contribution in [2.45, 2.75) is 31.6 Å². The molecule has 2 aromatic heterocycles. The first-order valence-electron chi connectivity index (χ1n) is 10.1. The lowest BCUT2D eigenvalue weighted by atomic mass is 9.74. The molecule has 0 spiro atoms. The number of aromatic nitrogens is 2. The predicted octanol–water partition coefficient (Wildman–Crippen LogP) is 3.58. The molecule has 0 amide bonds. The Morgan fingerprint density at radius 3 is 2.52 bits per heavy atom. The quantitative estimate of drug-likeness (QED) is 0.594. The molecule has 2 aliphatic rings. The number of rotatable bonds is 4. The number of nitrogens with one attached hydrogen (secondary N) is 3. The van der Waals surface area contributed by atoms with E-state index >= 15 is 0 Å². The molecule has 31 heavy (non-hydrogen) atoms. The number of H-pyrrole nitrogens is 2. The first-order chi connectivity index (χ1) is 15.0. The fourth-order valence-electron chi connectivity index (χ4n) is 4.66. The molecule has 1 aliphatic carbocycles. The van der Waals surface area contributed by atoms with E-state index in [1.807, 2.05) is 37.3 Å². The Hall–Kier alpha value is -3.68. The van der Waals surface area contributed by atoms with Crippen LogP contribution in [-0.4, -0.2) is 30.2 Å². The molecular formula is C23H23N3O5. The van der Waals surface area contributed by atoms with Gasteiger partial charge in [-0.25, -0.2) is 0 Å². The first kappa shape index (κ1) is 19.3. The van der Waals surface area contributed by atoms with Crippen LogP contribution >= 0.6 is 0 Å². The molecule has 0 fully saturated rings. The third kappa shape index (κ3) is 3.06. The normalized spacial score (nSPS) is 20.2. The number of carbonyl (C=O) groups is 1. The van der Waals surface area contributed by atoms with Gasteiger partial charge in [0.25, 0.3) is 5.56 Å². The number of ether oxygens (including phenoxy) is 2. The average Bonchev–Trinajstić information content (AvgIpc) is 3.37. The largest absolute Gasteiger partial charge is 0.493 e. The van der Waals surface area contributed by atoms with E-state index in [1.54, 1.807) is 14.2 Å². The predicted molar refractivity (Wildman–Crippen MR) is 114 cm³/mol. The standard InChI is InChI=1S/C23H23N3O5/c1-11-4-6-17(31-11)20-19-14(24-22-21(20)23(28)26-25-22)8-13(9-15(19)27)12-5-7-16(29-2)18(10-12)30-3/h4-7,10,13,20H,8-9H2,1-3H3,(H3,24,25,26,28)/t13-,20+/m0/s1. The number of benzene rings is 1. The molecule has 0 saturated carbocycles. The van der Waals surface area contributed by atoms with Gasteiger partial charge in [0.15, 0.2) is 17.3 Å². The second kappa shape index (κ2) is 7.23. The molecule has 0 bridgehead atoms. The van der Waals surface area contributed by atoms with Crippen LogP contribution in [0, 0.1) is 6.92 Å². The van der Waals surface area contributed by atoms with Gasteiger partial charge in [0.05, 0.1) is 25.7 Å². The number of allylic oxidation sites excluding steroid dienone is 2. The van der Waals surface area contributed by atoms with Crippen LogP contribution < -0.4 is 20.3 Å². The minimum absolute atomic E-state index is 0.00108. The summed E-state index contributed by atoms with van der Waals surface area (Å²) in [4.78, 5) is 25.9. The Bertz CT molecular complexity index is 1260. The molecule has 0 saturated heterocycles. The van der Waals surface area contributed by atoms with Gasteiger partial charge in [-0.3, -0.25) is 19.8 Å². The number of ketones is 1. The number of aromatic amines is 2. The molecular weight excluding hydrogens is 398 g/mol. The molecule has 1 aliphatic heterocycles. The lowest BCUT2D eigenvalue weighted by molar-refractivity contribution is -0.116. The van der Waals surface area contributed by atoms with Gasteiger partial charge < -0.3 is 19.2 Å². The summed E-state index contributed by atoms with van der Waals surface area (Å²) in [6.45, 7) is 1.85. The summed E-state index contributed by atoms with van der Waals surface area (Å²) in [5.41, 5.74) is 2.62. The number of furan rings is 1. The van der Waals surface area contributed by atoms with Gasteiger partial charge in [-0.2, -0.15) is 0 Å². The van der Waals surface area contributed by atoms with Crippen molar-refractivity contribution in [1.82, 2.24) is 10.2 Å². The Labute approximate surface area is 178 Å². The fourth-order valence-corrected chi connectivity index (χ4v) is 4.66. The number of hydrogen-bond acceptors (Lipinski definition) is 6. The highest BCUT2D eigenvalue weighted by molar-refractivity contribution is 6.01. The summed E-state index contributed by atoms with van der Waals surface area (Å²) < 4.78 is 16.6. The van der Waals surface area contributed by atoms with Crippen molar-refractivity contribution < 1.29 is 18.7 Å². The molecule has 2 atom stereocenters. The van der Waals surface area contributed by atoms with Crippen LogP contribution in [-0.2, 0) is 4.79 Å². The summed E-state index contributed by atoms with van der Waals surface area (Å²) in [5, 5.41) is 8.81. The van der Waals surface area contributed by atoms with Crippen LogP contribution in [0.3, 0.4) is 0 Å². The molecule has 8 heteroatoms. The van der Waals surface area contributed by atoms with Gasteiger partial charge in [-0.05, 0) is 49.1 Å². The van der Waals surface area contributed by atoms with Crippen molar-refractivity contribution in [3.63, 3.8) is 0 Å². The highest BCUT2D eigenvalue weighted by atomic mass is 16.5. The van der Waals surface area contributed by atoms with Gasteiger partial charge in [-0.1, -0.05) is 6.07 Å². The number of methoxy groups -OCH3 is 2. The van der Waals surface area contributed by atoms with E-state index in [9.17, 15) is 9.59 Å². The second-order valence-corrected chi connectivity index (χ2v) is 7.91. The van der Waals surface area contributed by atoms with Crippen LogP contribution in [0.1, 0.15) is 47.3 Å². The van der Waals surface area contributed by atoms with Gasteiger partial charge >= 0.3 is 0 Å². The zero-order valence-electron chi connectivity index (χ0n) is 17.5. The number of fused-ring (bicyclic) bond motifs is 1. The highest BCUT2D eigenvalue weighted by Crippen LogP contribution is 2.47. The number of aryl methyl sites for hydroxylation is 1. The zero-order valence-corrected chi connectivity index (χ0v) is 17.5. The maximum atomic E-state index is 13.4. The second-order valence-electron chi connectivity index (χ2n) is 7.91. The van der Waals surface area contributed by atoms with E-state index < -0.39 is 5.92 Å². The number of anilines is 1. The van der Waals surface area contributed by atoms with Gasteiger partial charge in [0.1, 0.15) is 17.3 Å². The molecule has 0 radical (unpaired) electrons. The van der Waals surface area contributed by atoms with Crippen molar-refractivity contribution >= 4 is 11.6 Å². The third-order valence-electron chi connectivity index (χ3n) is 6.10. The Morgan fingerprint density at radius 1 is 1.00 bits per heavy atom. The molecule has 160 valence electrons. The fraction of sp³-hybridized carbons (Fsp3) is 0.304. The van der Waals surface area contributed by atoms with Crippen molar-refractivity contribution in [1.29, 1.82) is 0 Å². The third-order valence-corrected chi connectivity index (χ3v) is 6.10. The first-order valence-corrected chi connectivity index (χ1v) is 10.1. The van der Waals surface area contributed by atoms with Crippen molar-refractivity contribution in [2.75, 3.05) is 19.5 Å². The number of Topliss-reactive ketones (excluding diaryl/α,β-unsaturated/α-hetero) is 1. The van der Waals surface area contributed by atoms with Crippen LogP contribution in [0.25, 0.3) is 0 Å². The summed E-state index contributed by atoms with van der Waals surface area (Å²) in [5.74, 6) is 2.62. The van der Waals surface area contributed by atoms with Crippen molar-refractivity contribution in [3.05, 3.63) is 74.6 Å². The SMILES string of the molecule is COc1ccc([C@@H]2CC(=O)C3=C(C2)Nc2[nH][nH]c(=O)c2[C@@H]3c2ccc(C)o2)cc1OC. The monoisotopic (exact) mass is 421 g/mol. The van der Waals surface area contributed by atoms with E-state index in [-0.39, 0.29) is 17.3 Å². The minimum Gasteiger partial charge on any atom is -0.493 e. The molecule has 3 aromatic rings. The van der Waals surface area contributed by atoms with E-state index in [0.717, 1.165) is 17.0 Å². The summed E-state index contributed by atoms with van der Waals surface area (Å²) in [7, 11) is 3.19. The Balaban J connectivity index is 1.58. The summed E-state index contributed by atoms with van der Waals surface area (Å²) >= 11 is 0. The van der Waals surface area contributed by atoms with E-state index in [2.05, 4.69) is 15.5 Å². The van der Waals surface area contributed by atoms with Gasteiger partial charge in [0, 0.05) is 17.7 Å². The van der Waals surface area contributed by atoms with E-state index in [1.165, 1.54) is 0 Å². The smallest absolute Gasteiger partial charge is 0.270 e. The Kier molecular flexibility index (Phi) is 4.50. The van der Waals surface area contributed by atoms with Gasteiger partial charge in [-0.15, -0.1) is 0 Å². The Morgan fingerprint density at radius 2 is 1.81 bits per heavy atom. The molecule has 5 rings (SSSR count). The molecule has 0 unspecified atom stereocenters. The summed E-state index contributed by atoms with van der Waals surface area (Å²) in [6, 6.07) is 9.41. The molecule has 3 N–H and O–H groups in total.